The molecule has 0 unspecified atom stereocenters. The van der Waals surface area contributed by atoms with Gasteiger partial charge in [-0.05, 0) is 18.1 Å². The van der Waals surface area contributed by atoms with Crippen LogP contribution in [-0.4, -0.2) is 9.78 Å². The molecule has 0 atom stereocenters. The third kappa shape index (κ3) is 2.37. The topological polar surface area (TPSA) is 17.8 Å². The number of aromatic nitrogens is 2. The van der Waals surface area contributed by atoms with Crippen molar-refractivity contribution < 1.29 is 0 Å². The zero-order valence-electron chi connectivity index (χ0n) is 11.8. The number of benzene rings is 2. The van der Waals surface area contributed by atoms with Crippen LogP contribution in [0.3, 0.4) is 0 Å². The Morgan fingerprint density at radius 3 is 2.05 bits per heavy atom. The predicted molar refractivity (Wildman–Crippen MR) is 83.1 cm³/mol. The van der Waals surface area contributed by atoms with E-state index >= 15 is 0 Å². The van der Waals surface area contributed by atoms with E-state index in [1.807, 2.05) is 28.9 Å². The van der Waals surface area contributed by atoms with Gasteiger partial charge in [0.15, 0.2) is 0 Å². The molecule has 0 spiro atoms. The summed E-state index contributed by atoms with van der Waals surface area (Å²) in [7, 11) is 0. The van der Waals surface area contributed by atoms with E-state index in [0.29, 0.717) is 5.92 Å². The van der Waals surface area contributed by atoms with E-state index in [2.05, 4.69) is 56.4 Å². The smallest absolute Gasteiger partial charge is 0.0962 e. The lowest BCUT2D eigenvalue weighted by molar-refractivity contribution is 0.858. The zero-order chi connectivity index (χ0) is 13.9. The number of para-hydroxylation sites is 1. The van der Waals surface area contributed by atoms with E-state index in [1.54, 1.807) is 0 Å². The van der Waals surface area contributed by atoms with Gasteiger partial charge in [-0.15, -0.1) is 0 Å². The molecule has 3 aromatic rings. The molecule has 2 heteroatoms. The van der Waals surface area contributed by atoms with Crippen LogP contribution in [0.1, 0.15) is 25.3 Å². The standard InChI is InChI=1S/C18H18N2/c1-14(2)17-13-20(16-11-7-4-8-12-16)19-18(17)15-9-5-3-6-10-15/h3-14H,1-2H3. The van der Waals surface area contributed by atoms with Crippen LogP contribution in [0.4, 0.5) is 0 Å². The molecular weight excluding hydrogens is 244 g/mol. The summed E-state index contributed by atoms with van der Waals surface area (Å²) in [6.07, 6.45) is 2.14. The average Bonchev–Trinajstić information content (AvgIpc) is 2.94. The summed E-state index contributed by atoms with van der Waals surface area (Å²) in [5.41, 5.74) is 4.62. The monoisotopic (exact) mass is 262 g/mol. The number of nitrogens with zero attached hydrogens (tertiary/aromatic N) is 2. The Labute approximate surface area is 119 Å². The van der Waals surface area contributed by atoms with E-state index in [4.69, 9.17) is 5.10 Å². The maximum absolute atomic E-state index is 4.79. The van der Waals surface area contributed by atoms with E-state index in [1.165, 1.54) is 11.1 Å². The molecule has 1 heterocycles. The van der Waals surface area contributed by atoms with Crippen LogP contribution in [0.5, 0.6) is 0 Å². The summed E-state index contributed by atoms with van der Waals surface area (Å²) < 4.78 is 1.97. The summed E-state index contributed by atoms with van der Waals surface area (Å²) in [5.74, 6) is 0.447. The van der Waals surface area contributed by atoms with E-state index in [9.17, 15) is 0 Å². The van der Waals surface area contributed by atoms with Gasteiger partial charge in [0, 0.05) is 17.3 Å². The SMILES string of the molecule is CC(C)c1cn(-c2ccccc2)nc1-c1ccccc1. The van der Waals surface area contributed by atoms with Crippen LogP contribution >= 0.6 is 0 Å². The zero-order valence-corrected chi connectivity index (χ0v) is 11.8. The van der Waals surface area contributed by atoms with Crippen molar-refractivity contribution in [3.05, 3.63) is 72.4 Å². The van der Waals surface area contributed by atoms with Gasteiger partial charge in [0.05, 0.1) is 11.4 Å². The summed E-state index contributed by atoms with van der Waals surface area (Å²) >= 11 is 0. The van der Waals surface area contributed by atoms with Gasteiger partial charge in [0.2, 0.25) is 0 Å². The van der Waals surface area contributed by atoms with E-state index in [-0.39, 0.29) is 0 Å². The van der Waals surface area contributed by atoms with Crippen LogP contribution in [0.2, 0.25) is 0 Å². The predicted octanol–water partition coefficient (Wildman–Crippen LogP) is 4.66. The molecular formula is C18H18N2. The van der Waals surface area contributed by atoms with Crippen LogP contribution in [0.25, 0.3) is 16.9 Å². The van der Waals surface area contributed by atoms with Gasteiger partial charge in [-0.2, -0.15) is 5.10 Å². The first-order chi connectivity index (χ1) is 9.75. The van der Waals surface area contributed by atoms with Crippen molar-refractivity contribution in [1.29, 1.82) is 0 Å². The molecule has 1 aromatic heterocycles. The average molecular weight is 262 g/mol. The second-order valence-electron chi connectivity index (χ2n) is 5.23. The molecule has 100 valence electrons. The minimum absolute atomic E-state index is 0.447. The largest absolute Gasteiger partial charge is 0.240 e. The third-order valence-electron chi connectivity index (χ3n) is 3.43. The minimum Gasteiger partial charge on any atom is -0.240 e. The van der Waals surface area contributed by atoms with Gasteiger partial charge < -0.3 is 0 Å². The highest BCUT2D eigenvalue weighted by Gasteiger charge is 2.14. The molecule has 0 aliphatic rings. The maximum Gasteiger partial charge on any atom is 0.0962 e. The van der Waals surface area contributed by atoms with Crippen molar-refractivity contribution in [2.24, 2.45) is 0 Å². The second-order valence-corrected chi connectivity index (χ2v) is 5.23. The van der Waals surface area contributed by atoms with Crippen molar-refractivity contribution in [3.8, 4) is 16.9 Å². The Bertz CT molecular complexity index is 682. The van der Waals surface area contributed by atoms with Gasteiger partial charge in [-0.1, -0.05) is 62.4 Å². The van der Waals surface area contributed by atoms with Gasteiger partial charge >= 0.3 is 0 Å². The first kappa shape index (κ1) is 12.7. The van der Waals surface area contributed by atoms with Crippen molar-refractivity contribution in [2.45, 2.75) is 19.8 Å². The van der Waals surface area contributed by atoms with E-state index < -0.39 is 0 Å². The molecule has 2 nitrogen and oxygen atoms in total. The van der Waals surface area contributed by atoms with Gasteiger partial charge in [-0.3, -0.25) is 0 Å². The van der Waals surface area contributed by atoms with Gasteiger partial charge in [0.25, 0.3) is 0 Å². The second kappa shape index (κ2) is 5.33. The summed E-state index contributed by atoms with van der Waals surface area (Å²) in [5, 5.41) is 4.79. The molecule has 0 aliphatic heterocycles. The quantitative estimate of drug-likeness (QED) is 0.671. The summed E-state index contributed by atoms with van der Waals surface area (Å²) in [6.45, 7) is 4.41. The Morgan fingerprint density at radius 1 is 0.850 bits per heavy atom. The van der Waals surface area contributed by atoms with Crippen molar-refractivity contribution in [1.82, 2.24) is 9.78 Å². The fourth-order valence-corrected chi connectivity index (χ4v) is 2.34. The van der Waals surface area contributed by atoms with Crippen molar-refractivity contribution in [3.63, 3.8) is 0 Å². The van der Waals surface area contributed by atoms with Crippen molar-refractivity contribution >= 4 is 0 Å². The normalized spacial score (nSPS) is 10.9. The lowest BCUT2D eigenvalue weighted by Crippen LogP contribution is -1.93. The fourth-order valence-electron chi connectivity index (χ4n) is 2.34. The van der Waals surface area contributed by atoms with Gasteiger partial charge in [0.1, 0.15) is 0 Å². The molecule has 0 saturated carbocycles. The Balaban J connectivity index is 2.13. The van der Waals surface area contributed by atoms with Crippen LogP contribution in [-0.2, 0) is 0 Å². The molecule has 0 fully saturated rings. The van der Waals surface area contributed by atoms with Crippen LogP contribution in [0.15, 0.2) is 66.9 Å². The number of rotatable bonds is 3. The van der Waals surface area contributed by atoms with E-state index in [0.717, 1.165) is 11.4 Å². The lowest BCUT2D eigenvalue weighted by atomic mass is 10.00. The number of hydrogen-bond acceptors (Lipinski definition) is 1. The molecule has 3 rings (SSSR count). The molecule has 0 saturated heterocycles. The molecule has 0 radical (unpaired) electrons. The molecule has 0 aliphatic carbocycles. The van der Waals surface area contributed by atoms with Crippen LogP contribution < -0.4 is 0 Å². The lowest BCUT2D eigenvalue weighted by Gasteiger charge is -2.04. The highest BCUT2D eigenvalue weighted by Crippen LogP contribution is 2.28. The fraction of sp³-hybridized carbons (Fsp3) is 0.167. The molecule has 0 bridgehead atoms. The first-order valence-electron chi connectivity index (χ1n) is 6.96. The Kier molecular flexibility index (Phi) is 3.38. The van der Waals surface area contributed by atoms with Gasteiger partial charge in [-0.25, -0.2) is 4.68 Å². The molecule has 20 heavy (non-hydrogen) atoms. The maximum atomic E-state index is 4.79. The Hall–Kier alpha value is -2.35. The summed E-state index contributed by atoms with van der Waals surface area (Å²) in [6, 6.07) is 20.6. The third-order valence-corrected chi connectivity index (χ3v) is 3.43. The first-order valence-corrected chi connectivity index (χ1v) is 6.96. The molecule has 2 aromatic carbocycles. The highest BCUT2D eigenvalue weighted by atomic mass is 15.3. The van der Waals surface area contributed by atoms with Crippen LogP contribution in [0, 0.1) is 0 Å². The minimum atomic E-state index is 0.447. The van der Waals surface area contributed by atoms with Crippen molar-refractivity contribution in [2.75, 3.05) is 0 Å². The molecule has 0 amide bonds. The highest BCUT2D eigenvalue weighted by molar-refractivity contribution is 5.63. The number of hydrogen-bond donors (Lipinski definition) is 0. The Morgan fingerprint density at radius 2 is 1.45 bits per heavy atom. The summed E-state index contributed by atoms with van der Waals surface area (Å²) in [4.78, 5) is 0. The molecule has 0 N–H and O–H groups in total.